The molecule has 0 aromatic carbocycles. The predicted octanol–water partition coefficient (Wildman–Crippen LogP) is 13.1. The van der Waals surface area contributed by atoms with Crippen LogP contribution in [0.4, 0.5) is 0 Å². The van der Waals surface area contributed by atoms with E-state index in [9.17, 15) is 24.9 Å². The van der Waals surface area contributed by atoms with Crippen molar-refractivity contribution in [3.8, 4) is 0 Å². The van der Waals surface area contributed by atoms with Crippen LogP contribution < -0.4 is 0 Å². The van der Waals surface area contributed by atoms with Crippen LogP contribution in [0.3, 0.4) is 0 Å². The van der Waals surface area contributed by atoms with Crippen LogP contribution in [-0.2, 0) is 37.1 Å². The molecule has 2 aliphatic heterocycles. The van der Waals surface area contributed by atoms with Crippen molar-refractivity contribution in [1.82, 2.24) is 0 Å². The zero-order valence-electron chi connectivity index (χ0n) is 47.0. The van der Waals surface area contributed by atoms with E-state index in [1.165, 1.54) is 0 Å². The molecule has 0 radical (unpaired) electrons. The van der Waals surface area contributed by atoms with Gasteiger partial charge in [-0.1, -0.05) is 119 Å². The minimum absolute atomic E-state index is 0.00278. The zero-order valence-corrected chi connectivity index (χ0v) is 50.0. The van der Waals surface area contributed by atoms with Gasteiger partial charge in [-0.2, -0.15) is 0 Å². The fourth-order valence-corrected chi connectivity index (χ4v) is 12.1. The normalized spacial score (nSPS) is 24.7. The molecule has 68 heavy (non-hydrogen) atoms. The summed E-state index contributed by atoms with van der Waals surface area (Å²) in [6, 6.07) is 0. The first-order valence-electron chi connectivity index (χ1n) is 26.0. The van der Waals surface area contributed by atoms with E-state index >= 15 is 0 Å². The molecule has 3 N–H and O–H groups in total. The van der Waals surface area contributed by atoms with Crippen molar-refractivity contribution in [3.63, 3.8) is 0 Å². The lowest BCUT2D eigenvalue weighted by Gasteiger charge is -2.42. The van der Waals surface area contributed by atoms with E-state index in [1.807, 2.05) is 45.9 Å². The van der Waals surface area contributed by atoms with Crippen LogP contribution in [0.25, 0.3) is 0 Å². The summed E-state index contributed by atoms with van der Waals surface area (Å²) in [7, 11) is -6.87. The number of ether oxygens (including phenoxy) is 3. The second-order valence-electron chi connectivity index (χ2n) is 25.6. The molecule has 11 nitrogen and oxygen atoms in total. The molecule has 2 saturated heterocycles. The summed E-state index contributed by atoms with van der Waals surface area (Å²) in [5.41, 5.74) is 1.57. The van der Waals surface area contributed by atoms with Crippen LogP contribution in [0.5, 0.6) is 0 Å². The molecule has 0 unspecified atom stereocenters. The number of carboxylic acids is 1. The molecule has 2 rings (SSSR count). The Morgan fingerprint density at radius 1 is 0.853 bits per heavy atom. The highest BCUT2D eigenvalue weighted by molar-refractivity contribution is 6.75. The van der Waals surface area contributed by atoms with Gasteiger partial charge in [-0.05, 0) is 126 Å². The maximum absolute atomic E-state index is 14.2. The quantitative estimate of drug-likeness (QED) is 0.0432. The Bertz CT molecular complexity index is 1680. The maximum Gasteiger partial charge on any atom is 0.309 e. The van der Waals surface area contributed by atoms with Crippen LogP contribution in [0.2, 0.25) is 54.4 Å². The highest BCUT2D eigenvalue weighted by Gasteiger charge is 2.46. The number of ketones is 1. The number of aliphatic hydroxyl groups excluding tert-OH is 2. The van der Waals surface area contributed by atoms with Crippen molar-refractivity contribution in [1.29, 1.82) is 0 Å². The molecule has 396 valence electrons. The fraction of sp³-hybridized carbons (Fsp3) is 0.852. The minimum atomic E-state index is -2.36. The van der Waals surface area contributed by atoms with Crippen LogP contribution in [0, 0.1) is 11.8 Å². The van der Waals surface area contributed by atoms with Gasteiger partial charge in [0.05, 0.1) is 42.5 Å². The molecule has 0 spiro atoms. The zero-order chi connectivity index (χ0) is 52.6. The smallest absolute Gasteiger partial charge is 0.309 e. The second-order valence-corrected chi connectivity index (χ2v) is 39.8. The highest BCUT2D eigenvalue weighted by atomic mass is 28.4. The van der Waals surface area contributed by atoms with Gasteiger partial charge in [0, 0.05) is 24.9 Å². The predicted molar refractivity (Wildman–Crippen MR) is 286 cm³/mol. The van der Waals surface area contributed by atoms with Gasteiger partial charge < -0.3 is 42.8 Å². The van der Waals surface area contributed by atoms with Gasteiger partial charge in [-0.15, -0.1) is 0 Å². The summed E-state index contributed by atoms with van der Waals surface area (Å²) in [5, 5.41) is 32.5. The number of carbonyl (C=O) groups excluding carboxylic acids is 1. The Hall–Kier alpha value is -1.31. The minimum Gasteiger partial charge on any atom is -0.481 e. The van der Waals surface area contributed by atoms with E-state index < -0.39 is 79.3 Å². The summed E-state index contributed by atoms with van der Waals surface area (Å²) in [5.74, 6) is -3.09. The van der Waals surface area contributed by atoms with Crippen LogP contribution in [0.1, 0.15) is 168 Å². The van der Waals surface area contributed by atoms with E-state index in [0.29, 0.717) is 31.3 Å². The van der Waals surface area contributed by atoms with Crippen LogP contribution in [-0.4, -0.2) is 113 Å². The number of aliphatic hydroxyl groups is 2. The van der Waals surface area contributed by atoms with Crippen molar-refractivity contribution >= 4 is 36.7 Å². The summed E-state index contributed by atoms with van der Waals surface area (Å²) in [6.07, 6.45) is 8.47. The number of aliphatic carboxylic acids is 1. The molecule has 0 aromatic rings. The van der Waals surface area contributed by atoms with Gasteiger partial charge in [0.1, 0.15) is 12.2 Å². The molecular formula is C54H102O11Si3. The lowest BCUT2D eigenvalue weighted by molar-refractivity contribution is -0.280. The van der Waals surface area contributed by atoms with Crippen molar-refractivity contribution in [2.75, 3.05) is 0 Å². The molecule has 14 heteroatoms. The Morgan fingerprint density at radius 2 is 1.38 bits per heavy atom. The van der Waals surface area contributed by atoms with Crippen molar-refractivity contribution in [2.45, 2.75) is 283 Å². The SMILES string of the molecule is C=C(/C=C/[C@H](O[Si](C)(C)C(C)(C)C)[C@@H](C)C(=O)O)[C@H](C[C@H](O)[C@H](C)/C=C(\C)C[C@H]1OC(C)(C)O[C@H](CC[C@H](C[C@@H]2CC[C@@H]([C@@H](O)CCCC)O2)O[Si](C)(C)C(C)(C)C)C1=O)O[Si](C)(C)C(C)(C)C. The van der Waals surface area contributed by atoms with Gasteiger partial charge in [0.25, 0.3) is 0 Å². The summed E-state index contributed by atoms with van der Waals surface area (Å²) >= 11 is 0. The molecule has 2 heterocycles. The van der Waals surface area contributed by atoms with Gasteiger partial charge in [-0.3, -0.25) is 9.59 Å². The molecule has 0 aliphatic carbocycles. The molecule has 11 atom stereocenters. The first kappa shape index (κ1) is 62.8. The van der Waals surface area contributed by atoms with Gasteiger partial charge in [-0.25, -0.2) is 0 Å². The topological polar surface area (TPSA) is 150 Å². The van der Waals surface area contributed by atoms with Crippen molar-refractivity contribution in [2.24, 2.45) is 11.8 Å². The first-order chi connectivity index (χ1) is 30.7. The largest absolute Gasteiger partial charge is 0.481 e. The number of carboxylic acid groups (broad SMARTS) is 1. The average molecular weight is 1010 g/mol. The van der Waals surface area contributed by atoms with E-state index in [2.05, 4.69) is 115 Å². The lowest BCUT2D eigenvalue weighted by atomic mass is 9.91. The standard InChI is InChI=1S/C54H102O11Si3/c1-23-24-25-42(55)45-30-27-40(60-45)34-41(63-66(17,18)51(6,7)8)28-31-46-49(57)48(62-54(15,16)61-46)33-36(2)32-38(4)43(56)35-47(65-68(21,22)53(12,13)14)37(3)26-29-44(39(5)50(58)59)64-67(19,20)52(9,10)11/h26,29,32,38-48,55-56H,3,23-25,27-28,30-31,33-35H2,1-2,4-22H3,(H,58,59)/b29-26+,36-32+/t38-,39-,40+,41-,42+,43+,44+,45+,46-,47+,48-/m1/s1. The highest BCUT2D eigenvalue weighted by Crippen LogP contribution is 2.42. The van der Waals surface area contributed by atoms with Crippen LogP contribution in [0.15, 0.2) is 36.0 Å². The van der Waals surface area contributed by atoms with E-state index in [4.69, 9.17) is 27.5 Å². The lowest BCUT2D eigenvalue weighted by Crippen LogP contribution is -2.52. The number of rotatable bonds is 26. The Balaban J connectivity index is 2.31. The Labute approximate surface area is 418 Å². The number of hydrogen-bond donors (Lipinski definition) is 3. The van der Waals surface area contributed by atoms with Crippen molar-refractivity contribution in [3.05, 3.63) is 36.0 Å². The fourth-order valence-electron chi connectivity index (χ4n) is 8.07. The van der Waals surface area contributed by atoms with Gasteiger partial charge in [0.15, 0.2) is 36.5 Å². The summed E-state index contributed by atoms with van der Waals surface area (Å²) in [4.78, 5) is 26.5. The molecular weight excluding hydrogens is 909 g/mol. The van der Waals surface area contributed by atoms with E-state index in [1.54, 1.807) is 6.92 Å². The van der Waals surface area contributed by atoms with Crippen LogP contribution >= 0.6 is 0 Å². The Morgan fingerprint density at radius 3 is 1.91 bits per heavy atom. The third-order valence-electron chi connectivity index (χ3n) is 15.8. The molecule has 0 aromatic heterocycles. The number of hydrogen-bond acceptors (Lipinski definition) is 10. The third-order valence-corrected chi connectivity index (χ3v) is 29.3. The van der Waals surface area contributed by atoms with E-state index in [0.717, 1.165) is 37.7 Å². The molecule has 0 saturated carbocycles. The molecule has 0 amide bonds. The molecule has 2 fully saturated rings. The third kappa shape index (κ3) is 18.9. The average Bonchev–Trinajstić information content (AvgIpc) is 3.65. The summed E-state index contributed by atoms with van der Waals surface area (Å²) < 4.78 is 39.7. The van der Waals surface area contributed by atoms with E-state index in [-0.39, 0.29) is 51.5 Å². The monoisotopic (exact) mass is 1010 g/mol. The first-order valence-corrected chi connectivity index (χ1v) is 34.7. The molecule has 0 bridgehead atoms. The number of unbranched alkanes of at least 4 members (excludes halogenated alkanes) is 1. The number of Topliss-reactive ketones (excluding diaryl/α,β-unsaturated/α-hetero) is 1. The van der Waals surface area contributed by atoms with Gasteiger partial charge >= 0.3 is 5.97 Å². The second kappa shape index (κ2) is 25.1. The summed E-state index contributed by atoms with van der Waals surface area (Å²) in [6.45, 7) is 48.6. The maximum atomic E-state index is 14.2. The van der Waals surface area contributed by atoms with Crippen molar-refractivity contribution < 1.29 is 52.4 Å². The van der Waals surface area contributed by atoms with Gasteiger partial charge in [0.2, 0.25) is 0 Å². The molecule has 2 aliphatic rings. The Kier molecular flexibility index (Phi) is 23.2. The number of carbonyl (C=O) groups is 2.